The summed E-state index contributed by atoms with van der Waals surface area (Å²) in [6.07, 6.45) is 0. The highest BCUT2D eigenvalue weighted by atomic mass is 15.2. The van der Waals surface area contributed by atoms with Crippen LogP contribution >= 0.6 is 0 Å². The molecule has 0 amide bonds. The van der Waals surface area contributed by atoms with Crippen LogP contribution in [-0.2, 0) is 10.8 Å². The summed E-state index contributed by atoms with van der Waals surface area (Å²) < 4.78 is 0. The van der Waals surface area contributed by atoms with Gasteiger partial charge < -0.3 is 9.80 Å². The molecule has 0 unspecified atom stereocenters. The van der Waals surface area contributed by atoms with Crippen molar-refractivity contribution in [3.8, 4) is 66.8 Å². The number of nitrogens with zero attached hydrogens (tertiary/aromatic N) is 2. The van der Waals surface area contributed by atoms with Crippen molar-refractivity contribution in [2.24, 2.45) is 0 Å². The third kappa shape index (κ3) is 7.48. The van der Waals surface area contributed by atoms with Crippen LogP contribution in [0.15, 0.2) is 267 Å². The number of rotatable bonds is 10. The average molecular weight is 949 g/mol. The van der Waals surface area contributed by atoms with E-state index >= 15 is 0 Å². The molecule has 13 rings (SSSR count). The Morgan fingerprint density at radius 1 is 0.216 bits per heavy atom. The summed E-state index contributed by atoms with van der Waals surface area (Å²) in [4.78, 5) is 4.93. The standard InChI is InChI=1S/C72H56N2/c1-71(2)66-38-21-19-33-61(66)63-42-40-54(47-68(63)71)73(52-28-13-7-14-29-52)56-44-51(58-32-17-18-35-65(58)70-59(49-24-9-5-10-25-49)36-23-37-60(70)50-26-11-6-12-27-50)45-57(46-56)74(53-30-15-8-16-31-53)55-41-43-64-62-34-20-22-39-67(62)72(3,4)69(64)48-55/h5-48H,1-4H3. The number of benzene rings is 11. The van der Waals surface area contributed by atoms with Gasteiger partial charge in [-0.1, -0.05) is 228 Å². The normalized spacial score (nSPS) is 13.4. The molecule has 11 aromatic carbocycles. The summed E-state index contributed by atoms with van der Waals surface area (Å²) in [6, 6.07) is 98.6. The second-order valence-electron chi connectivity index (χ2n) is 20.9. The summed E-state index contributed by atoms with van der Waals surface area (Å²) in [7, 11) is 0. The molecule has 0 radical (unpaired) electrons. The van der Waals surface area contributed by atoms with E-state index in [0.29, 0.717) is 0 Å². The van der Waals surface area contributed by atoms with Crippen molar-refractivity contribution >= 4 is 34.1 Å². The Morgan fingerprint density at radius 2 is 0.568 bits per heavy atom. The highest BCUT2D eigenvalue weighted by Gasteiger charge is 2.37. The highest BCUT2D eigenvalue weighted by Crippen LogP contribution is 2.54. The van der Waals surface area contributed by atoms with Crippen LogP contribution in [0.1, 0.15) is 49.9 Å². The van der Waals surface area contributed by atoms with Crippen LogP contribution in [0.4, 0.5) is 34.1 Å². The van der Waals surface area contributed by atoms with Gasteiger partial charge in [0.15, 0.2) is 0 Å². The predicted octanol–water partition coefficient (Wildman–Crippen LogP) is 19.9. The fraction of sp³-hybridized carbons (Fsp3) is 0.0833. The zero-order valence-corrected chi connectivity index (χ0v) is 42.3. The van der Waals surface area contributed by atoms with Crippen molar-refractivity contribution in [1.82, 2.24) is 0 Å². The first-order valence-electron chi connectivity index (χ1n) is 25.9. The molecule has 0 N–H and O–H groups in total. The van der Waals surface area contributed by atoms with Gasteiger partial charge in [0.05, 0.1) is 0 Å². The maximum Gasteiger partial charge on any atom is 0.0488 e. The maximum absolute atomic E-state index is 2.47. The topological polar surface area (TPSA) is 6.48 Å². The Morgan fingerprint density at radius 3 is 1.01 bits per heavy atom. The fourth-order valence-electron chi connectivity index (χ4n) is 12.2. The molecule has 354 valence electrons. The Bertz CT molecular complexity index is 3660. The summed E-state index contributed by atoms with van der Waals surface area (Å²) >= 11 is 0. The summed E-state index contributed by atoms with van der Waals surface area (Å²) in [5.41, 5.74) is 26.1. The van der Waals surface area contributed by atoms with E-state index in [9.17, 15) is 0 Å². The van der Waals surface area contributed by atoms with Gasteiger partial charge in [0.2, 0.25) is 0 Å². The predicted molar refractivity (Wildman–Crippen MR) is 313 cm³/mol. The molecular weight excluding hydrogens is 893 g/mol. The lowest BCUT2D eigenvalue weighted by molar-refractivity contribution is 0.660. The van der Waals surface area contributed by atoms with Gasteiger partial charge in [-0.25, -0.2) is 0 Å². The molecule has 2 nitrogen and oxygen atoms in total. The number of anilines is 6. The minimum Gasteiger partial charge on any atom is -0.310 e. The lowest BCUT2D eigenvalue weighted by Gasteiger charge is -2.32. The van der Waals surface area contributed by atoms with E-state index in [1.807, 2.05) is 0 Å². The maximum atomic E-state index is 2.47. The molecule has 0 bridgehead atoms. The minimum absolute atomic E-state index is 0.177. The second-order valence-corrected chi connectivity index (χ2v) is 20.9. The average Bonchev–Trinajstić information content (AvgIpc) is 3.82. The fourth-order valence-corrected chi connectivity index (χ4v) is 12.2. The molecule has 0 atom stereocenters. The lowest BCUT2D eigenvalue weighted by Crippen LogP contribution is -2.17. The van der Waals surface area contributed by atoms with Gasteiger partial charge >= 0.3 is 0 Å². The van der Waals surface area contributed by atoms with Crippen molar-refractivity contribution < 1.29 is 0 Å². The Balaban J connectivity index is 1.09. The van der Waals surface area contributed by atoms with E-state index in [1.165, 1.54) is 77.9 Å². The van der Waals surface area contributed by atoms with E-state index in [-0.39, 0.29) is 10.8 Å². The Kier molecular flexibility index (Phi) is 10.9. The van der Waals surface area contributed by atoms with Gasteiger partial charge in [-0.05, 0) is 156 Å². The number of fused-ring (bicyclic) bond motifs is 6. The summed E-state index contributed by atoms with van der Waals surface area (Å²) in [5.74, 6) is 0. The van der Waals surface area contributed by atoms with Gasteiger partial charge in [0, 0.05) is 45.0 Å². The number of hydrogen-bond donors (Lipinski definition) is 0. The van der Waals surface area contributed by atoms with Crippen LogP contribution in [0.5, 0.6) is 0 Å². The minimum atomic E-state index is -0.177. The molecule has 0 saturated carbocycles. The largest absolute Gasteiger partial charge is 0.310 e. The SMILES string of the molecule is CC1(C)c2ccccc2-c2ccc(N(c3ccccc3)c3cc(-c4ccccc4-c4c(-c5ccccc5)cccc4-c4ccccc4)cc(N(c4ccccc4)c4ccc5c(c4)C(C)(C)c4ccccc4-5)c3)cc21. The molecule has 0 aromatic heterocycles. The van der Waals surface area contributed by atoms with E-state index < -0.39 is 0 Å². The monoisotopic (exact) mass is 948 g/mol. The molecule has 0 heterocycles. The molecule has 2 aliphatic carbocycles. The van der Waals surface area contributed by atoms with Crippen molar-refractivity contribution in [1.29, 1.82) is 0 Å². The first kappa shape index (κ1) is 44.9. The van der Waals surface area contributed by atoms with Gasteiger partial charge in [0.25, 0.3) is 0 Å². The van der Waals surface area contributed by atoms with Gasteiger partial charge in [-0.2, -0.15) is 0 Å². The van der Waals surface area contributed by atoms with Crippen molar-refractivity contribution in [2.75, 3.05) is 9.80 Å². The van der Waals surface area contributed by atoms with Crippen LogP contribution in [0.3, 0.4) is 0 Å². The molecule has 74 heavy (non-hydrogen) atoms. The zero-order valence-electron chi connectivity index (χ0n) is 42.3. The first-order valence-corrected chi connectivity index (χ1v) is 25.9. The van der Waals surface area contributed by atoms with E-state index in [4.69, 9.17) is 0 Å². The van der Waals surface area contributed by atoms with Crippen molar-refractivity contribution in [3.05, 3.63) is 289 Å². The number of para-hydroxylation sites is 2. The second kappa shape index (κ2) is 17.9. The van der Waals surface area contributed by atoms with Gasteiger partial charge in [-0.15, -0.1) is 0 Å². The molecule has 2 heteroatoms. The molecule has 2 aliphatic rings. The van der Waals surface area contributed by atoms with Crippen LogP contribution in [0, 0.1) is 0 Å². The smallest absolute Gasteiger partial charge is 0.0488 e. The van der Waals surface area contributed by atoms with Crippen LogP contribution in [-0.4, -0.2) is 0 Å². The molecule has 0 aliphatic heterocycles. The molecule has 0 spiro atoms. The summed E-state index contributed by atoms with van der Waals surface area (Å²) in [5, 5.41) is 0. The van der Waals surface area contributed by atoms with Crippen molar-refractivity contribution in [3.63, 3.8) is 0 Å². The molecular formula is C72H56N2. The third-order valence-corrected chi connectivity index (χ3v) is 15.8. The van der Waals surface area contributed by atoms with Gasteiger partial charge in [-0.3, -0.25) is 0 Å². The lowest BCUT2D eigenvalue weighted by atomic mass is 9.82. The molecule has 0 saturated heterocycles. The molecule has 0 fully saturated rings. The van der Waals surface area contributed by atoms with E-state index in [2.05, 4.69) is 304 Å². The highest BCUT2D eigenvalue weighted by molar-refractivity contribution is 6.01. The zero-order chi connectivity index (χ0) is 50.0. The third-order valence-electron chi connectivity index (χ3n) is 15.8. The van der Waals surface area contributed by atoms with Crippen LogP contribution in [0.2, 0.25) is 0 Å². The van der Waals surface area contributed by atoms with Crippen LogP contribution in [0.25, 0.3) is 66.8 Å². The van der Waals surface area contributed by atoms with Crippen LogP contribution < -0.4 is 9.80 Å². The summed E-state index contributed by atoms with van der Waals surface area (Å²) in [6.45, 7) is 9.48. The van der Waals surface area contributed by atoms with E-state index in [1.54, 1.807) is 0 Å². The Hall–Kier alpha value is -8.98. The Labute approximate surface area is 436 Å². The number of hydrogen-bond acceptors (Lipinski definition) is 2. The van der Waals surface area contributed by atoms with Gasteiger partial charge in [0.1, 0.15) is 0 Å². The van der Waals surface area contributed by atoms with E-state index in [0.717, 1.165) is 45.3 Å². The quantitative estimate of drug-likeness (QED) is 0.135. The van der Waals surface area contributed by atoms with Crippen molar-refractivity contribution in [2.45, 2.75) is 38.5 Å². The first-order chi connectivity index (χ1) is 36.2. The molecule has 11 aromatic rings.